The number of aliphatic imine (C=N–C) groups is 1. The maximum Gasteiger partial charge on any atom is 0.171 e. The van der Waals surface area contributed by atoms with Crippen molar-refractivity contribution >= 4 is 34.5 Å². The van der Waals surface area contributed by atoms with Crippen molar-refractivity contribution in [1.82, 2.24) is 0 Å². The van der Waals surface area contributed by atoms with Crippen molar-refractivity contribution in [3.8, 4) is 17.2 Å². The molecule has 1 N–H and O–H groups in total. The summed E-state index contributed by atoms with van der Waals surface area (Å²) in [5.74, 6) is 1.44. The van der Waals surface area contributed by atoms with Gasteiger partial charge in [-0.25, -0.2) is 0 Å². The zero-order valence-electron chi connectivity index (χ0n) is 11.8. The molecule has 0 radical (unpaired) electrons. The summed E-state index contributed by atoms with van der Waals surface area (Å²) in [6, 6.07) is 11.1. The highest BCUT2D eigenvalue weighted by Gasteiger charge is 2.08. The lowest BCUT2D eigenvalue weighted by atomic mass is 10.2. The average molecular weight is 397 g/mol. The van der Waals surface area contributed by atoms with Crippen LogP contribution in [0, 0.1) is 3.57 Å². The Morgan fingerprint density at radius 2 is 1.95 bits per heavy atom. The van der Waals surface area contributed by atoms with Crippen LogP contribution in [0.5, 0.6) is 17.2 Å². The second kappa shape index (κ2) is 7.31. The molecule has 21 heavy (non-hydrogen) atoms. The number of aromatic hydroxyl groups is 1. The van der Waals surface area contributed by atoms with Gasteiger partial charge in [0, 0.05) is 6.21 Å². The first-order valence-electron chi connectivity index (χ1n) is 6.47. The van der Waals surface area contributed by atoms with Crippen molar-refractivity contribution in [3.63, 3.8) is 0 Å². The van der Waals surface area contributed by atoms with Crippen molar-refractivity contribution in [2.45, 2.75) is 6.92 Å². The topological polar surface area (TPSA) is 51.0 Å². The van der Waals surface area contributed by atoms with Crippen LogP contribution < -0.4 is 9.47 Å². The highest BCUT2D eigenvalue weighted by Crippen LogP contribution is 2.32. The molecule has 0 aliphatic rings. The maximum atomic E-state index is 9.91. The van der Waals surface area contributed by atoms with Crippen molar-refractivity contribution in [2.75, 3.05) is 13.7 Å². The number of hydrogen-bond acceptors (Lipinski definition) is 4. The van der Waals surface area contributed by atoms with Gasteiger partial charge < -0.3 is 14.6 Å². The molecule has 0 atom stereocenters. The van der Waals surface area contributed by atoms with E-state index in [2.05, 4.69) is 27.6 Å². The minimum atomic E-state index is 0.166. The van der Waals surface area contributed by atoms with Crippen LogP contribution >= 0.6 is 22.6 Å². The summed E-state index contributed by atoms with van der Waals surface area (Å²) < 4.78 is 11.2. The van der Waals surface area contributed by atoms with E-state index in [-0.39, 0.29) is 5.75 Å². The lowest BCUT2D eigenvalue weighted by Gasteiger charge is -2.08. The summed E-state index contributed by atoms with van der Waals surface area (Å²) in [6.07, 6.45) is 1.74. The first-order valence-corrected chi connectivity index (χ1v) is 7.55. The molecule has 0 saturated heterocycles. The Balaban J connectivity index is 2.23. The van der Waals surface area contributed by atoms with Crippen LogP contribution in [0.2, 0.25) is 0 Å². The van der Waals surface area contributed by atoms with Gasteiger partial charge in [-0.1, -0.05) is 0 Å². The summed E-state index contributed by atoms with van der Waals surface area (Å²) in [5, 5.41) is 9.91. The number of nitrogens with zero attached hydrogens (tertiary/aromatic N) is 1. The van der Waals surface area contributed by atoms with E-state index in [1.807, 2.05) is 37.3 Å². The second-order valence-electron chi connectivity index (χ2n) is 4.24. The molecule has 110 valence electrons. The highest BCUT2D eigenvalue weighted by atomic mass is 127. The molecule has 0 aromatic heterocycles. The molecule has 0 heterocycles. The van der Waals surface area contributed by atoms with E-state index in [1.165, 1.54) is 0 Å². The molecule has 0 fully saturated rings. The molecular weight excluding hydrogens is 381 g/mol. The standard InChI is InChI=1S/C16H16INO3/c1-3-21-15-9-11(8-14(17)16(15)19)10-18-12-4-6-13(20-2)7-5-12/h4-10,19H,3H2,1-2H3. The smallest absolute Gasteiger partial charge is 0.171 e. The number of ether oxygens (including phenoxy) is 2. The summed E-state index contributed by atoms with van der Waals surface area (Å²) >= 11 is 2.07. The Hall–Kier alpha value is -1.76. The van der Waals surface area contributed by atoms with Crippen molar-refractivity contribution < 1.29 is 14.6 Å². The van der Waals surface area contributed by atoms with Crippen LogP contribution in [0.25, 0.3) is 0 Å². The van der Waals surface area contributed by atoms with E-state index in [1.54, 1.807) is 19.4 Å². The van der Waals surface area contributed by atoms with E-state index < -0.39 is 0 Å². The molecule has 0 unspecified atom stereocenters. The van der Waals surface area contributed by atoms with E-state index in [0.717, 1.165) is 20.6 Å². The van der Waals surface area contributed by atoms with Gasteiger partial charge in [0.15, 0.2) is 11.5 Å². The SMILES string of the molecule is CCOc1cc(C=Nc2ccc(OC)cc2)cc(I)c1O. The largest absolute Gasteiger partial charge is 0.504 e. The molecule has 2 rings (SSSR count). The van der Waals surface area contributed by atoms with Gasteiger partial charge in [-0.15, -0.1) is 0 Å². The Morgan fingerprint density at radius 1 is 1.24 bits per heavy atom. The highest BCUT2D eigenvalue weighted by molar-refractivity contribution is 14.1. The predicted molar refractivity (Wildman–Crippen MR) is 92.2 cm³/mol. The van der Waals surface area contributed by atoms with Gasteiger partial charge in [-0.3, -0.25) is 4.99 Å². The van der Waals surface area contributed by atoms with Crippen LogP contribution in [0.4, 0.5) is 5.69 Å². The number of methoxy groups -OCH3 is 1. The molecule has 0 spiro atoms. The normalized spacial score (nSPS) is 10.8. The fourth-order valence-corrected chi connectivity index (χ4v) is 2.38. The minimum Gasteiger partial charge on any atom is -0.504 e. The summed E-state index contributed by atoms with van der Waals surface area (Å²) in [5.41, 5.74) is 1.70. The molecule has 0 saturated carbocycles. The van der Waals surface area contributed by atoms with Gasteiger partial charge >= 0.3 is 0 Å². The third-order valence-corrected chi connectivity index (χ3v) is 3.61. The number of phenolic OH excluding ortho intramolecular Hbond substituents is 1. The summed E-state index contributed by atoms with van der Waals surface area (Å²) in [6.45, 7) is 2.38. The molecule has 2 aromatic rings. The zero-order chi connectivity index (χ0) is 15.2. The fourth-order valence-electron chi connectivity index (χ4n) is 1.75. The Kier molecular flexibility index (Phi) is 5.44. The van der Waals surface area contributed by atoms with Gasteiger partial charge in [0.2, 0.25) is 0 Å². The molecular formula is C16H16INO3. The van der Waals surface area contributed by atoms with Crippen LogP contribution in [0.1, 0.15) is 12.5 Å². The number of phenols is 1. The van der Waals surface area contributed by atoms with E-state index in [4.69, 9.17) is 9.47 Å². The van der Waals surface area contributed by atoms with Crippen molar-refractivity contribution in [3.05, 3.63) is 45.5 Å². The minimum absolute atomic E-state index is 0.166. The third-order valence-electron chi connectivity index (χ3n) is 2.79. The Morgan fingerprint density at radius 3 is 2.57 bits per heavy atom. The second-order valence-corrected chi connectivity index (χ2v) is 5.40. The Labute approximate surface area is 137 Å². The molecule has 0 aliphatic carbocycles. The van der Waals surface area contributed by atoms with Crippen LogP contribution in [-0.4, -0.2) is 25.0 Å². The quantitative estimate of drug-likeness (QED) is 0.609. The number of rotatable bonds is 5. The Bertz CT molecular complexity index is 639. The van der Waals surface area contributed by atoms with Gasteiger partial charge in [-0.05, 0) is 71.5 Å². The fraction of sp³-hybridized carbons (Fsp3) is 0.188. The zero-order valence-corrected chi connectivity index (χ0v) is 14.0. The third kappa shape index (κ3) is 4.10. The van der Waals surface area contributed by atoms with Crippen LogP contribution in [0.3, 0.4) is 0 Å². The summed E-state index contributed by atoms with van der Waals surface area (Å²) in [4.78, 5) is 4.40. The van der Waals surface area contributed by atoms with Crippen LogP contribution in [-0.2, 0) is 0 Å². The average Bonchev–Trinajstić information content (AvgIpc) is 2.50. The monoisotopic (exact) mass is 397 g/mol. The van der Waals surface area contributed by atoms with Crippen molar-refractivity contribution in [2.24, 2.45) is 4.99 Å². The molecule has 0 aliphatic heterocycles. The number of halogens is 1. The van der Waals surface area contributed by atoms with E-state index in [0.29, 0.717) is 12.4 Å². The predicted octanol–water partition coefficient (Wildman–Crippen LogP) is 4.15. The maximum absolute atomic E-state index is 9.91. The van der Waals surface area contributed by atoms with Crippen molar-refractivity contribution in [1.29, 1.82) is 0 Å². The number of benzene rings is 2. The van der Waals surface area contributed by atoms with Gasteiger partial charge in [0.05, 0.1) is 23.0 Å². The van der Waals surface area contributed by atoms with E-state index >= 15 is 0 Å². The van der Waals surface area contributed by atoms with Crippen LogP contribution in [0.15, 0.2) is 41.4 Å². The van der Waals surface area contributed by atoms with Gasteiger partial charge in [0.25, 0.3) is 0 Å². The first-order chi connectivity index (χ1) is 10.1. The summed E-state index contributed by atoms with van der Waals surface area (Å²) in [7, 11) is 1.63. The lowest BCUT2D eigenvalue weighted by Crippen LogP contribution is -1.95. The van der Waals surface area contributed by atoms with Gasteiger partial charge in [0.1, 0.15) is 5.75 Å². The number of hydrogen-bond donors (Lipinski definition) is 1. The van der Waals surface area contributed by atoms with E-state index in [9.17, 15) is 5.11 Å². The molecule has 0 amide bonds. The molecule has 0 bridgehead atoms. The lowest BCUT2D eigenvalue weighted by molar-refractivity contribution is 0.317. The van der Waals surface area contributed by atoms with Gasteiger partial charge in [-0.2, -0.15) is 0 Å². The molecule has 5 heteroatoms. The molecule has 2 aromatic carbocycles. The molecule has 4 nitrogen and oxygen atoms in total. The first kappa shape index (κ1) is 15.6.